The monoisotopic (exact) mass is 556 g/mol. The molecular weight excluding hydrogens is 524 g/mol. The second-order valence-electron chi connectivity index (χ2n) is 10.6. The summed E-state index contributed by atoms with van der Waals surface area (Å²) in [7, 11) is -1.92. The number of imidazole rings is 1. The van der Waals surface area contributed by atoms with E-state index in [9.17, 15) is 4.79 Å². The van der Waals surface area contributed by atoms with Gasteiger partial charge in [-0.05, 0) is 31.1 Å². The standard InChI is InChI=1S/C27H33ClN4O3SSi/c1-17(19-9-7-8-10-20(19)28)35-22-11-23(36-24(22)12-25(29)33)21-13-31-26-14-30-18(15-32(21)26)16-34-37(5,6)27(2,3)4/h7-11,13-15,17H,12,16H2,1-6H3,(H2,29,33)/t17-/m1/s1. The van der Waals surface area contributed by atoms with Crippen molar-refractivity contribution in [1.82, 2.24) is 14.4 Å². The lowest BCUT2D eigenvalue weighted by molar-refractivity contribution is -0.117. The summed E-state index contributed by atoms with van der Waals surface area (Å²) in [6.07, 6.45) is 5.29. The Morgan fingerprint density at radius 3 is 2.62 bits per heavy atom. The average molecular weight is 557 g/mol. The molecule has 3 heterocycles. The first-order valence-corrected chi connectivity index (χ1v) is 16.2. The minimum absolute atomic E-state index is 0.0825. The van der Waals surface area contributed by atoms with Gasteiger partial charge in [0.1, 0.15) is 11.9 Å². The zero-order valence-electron chi connectivity index (χ0n) is 22.0. The second kappa shape index (κ2) is 10.6. The number of halogens is 1. The van der Waals surface area contributed by atoms with E-state index in [0.29, 0.717) is 17.4 Å². The van der Waals surface area contributed by atoms with E-state index in [-0.39, 0.29) is 17.6 Å². The highest BCUT2D eigenvalue weighted by atomic mass is 35.5. The maximum absolute atomic E-state index is 11.8. The molecular formula is C27H33ClN4O3SSi. The van der Waals surface area contributed by atoms with E-state index in [0.717, 1.165) is 32.4 Å². The summed E-state index contributed by atoms with van der Waals surface area (Å²) in [5.74, 6) is 0.188. The molecule has 0 radical (unpaired) electrons. The Kier molecular flexibility index (Phi) is 7.80. The number of amides is 1. The minimum Gasteiger partial charge on any atom is -0.485 e. The molecule has 0 fully saturated rings. The third-order valence-electron chi connectivity index (χ3n) is 6.84. The van der Waals surface area contributed by atoms with Gasteiger partial charge in [-0.3, -0.25) is 14.2 Å². The number of aromatic nitrogens is 3. The summed E-state index contributed by atoms with van der Waals surface area (Å²) in [4.78, 5) is 22.6. The number of hydrogen-bond donors (Lipinski definition) is 1. The lowest BCUT2D eigenvalue weighted by atomic mass is 10.1. The van der Waals surface area contributed by atoms with E-state index in [2.05, 4.69) is 43.8 Å². The molecule has 1 aromatic carbocycles. The van der Waals surface area contributed by atoms with Gasteiger partial charge in [0.25, 0.3) is 0 Å². The largest absolute Gasteiger partial charge is 0.485 e. The number of hydrogen-bond acceptors (Lipinski definition) is 6. The van der Waals surface area contributed by atoms with E-state index in [1.807, 2.05) is 47.9 Å². The van der Waals surface area contributed by atoms with Crippen LogP contribution in [0.5, 0.6) is 5.75 Å². The van der Waals surface area contributed by atoms with Crippen molar-refractivity contribution in [2.75, 3.05) is 0 Å². The van der Waals surface area contributed by atoms with Crippen LogP contribution in [0.3, 0.4) is 0 Å². The first-order chi connectivity index (χ1) is 17.4. The number of carbonyl (C=O) groups is 1. The number of benzene rings is 1. The van der Waals surface area contributed by atoms with Gasteiger partial charge < -0.3 is 14.9 Å². The number of thiophene rings is 1. The third kappa shape index (κ3) is 6.06. The Balaban J connectivity index is 1.65. The van der Waals surface area contributed by atoms with Crippen molar-refractivity contribution >= 4 is 42.8 Å². The molecule has 3 aromatic heterocycles. The van der Waals surface area contributed by atoms with Crippen LogP contribution >= 0.6 is 22.9 Å². The number of nitrogens with two attached hydrogens (primary N) is 1. The van der Waals surface area contributed by atoms with Gasteiger partial charge >= 0.3 is 0 Å². The molecule has 10 heteroatoms. The molecule has 0 unspecified atom stereocenters. The van der Waals surface area contributed by atoms with Gasteiger partial charge in [0, 0.05) is 22.8 Å². The Hall–Kier alpha value is -2.72. The molecule has 0 aliphatic carbocycles. The van der Waals surface area contributed by atoms with Crippen LogP contribution in [-0.2, 0) is 22.2 Å². The van der Waals surface area contributed by atoms with Crippen molar-refractivity contribution in [3.63, 3.8) is 0 Å². The van der Waals surface area contributed by atoms with Crippen molar-refractivity contribution in [2.45, 2.75) is 65.0 Å². The summed E-state index contributed by atoms with van der Waals surface area (Å²) in [5.41, 5.74) is 8.85. The van der Waals surface area contributed by atoms with Gasteiger partial charge in [-0.1, -0.05) is 50.6 Å². The normalized spacial score (nSPS) is 13.2. The molecule has 7 nitrogen and oxygen atoms in total. The summed E-state index contributed by atoms with van der Waals surface area (Å²) < 4.78 is 14.7. The average Bonchev–Trinajstić information content (AvgIpc) is 3.40. The predicted molar refractivity (Wildman–Crippen MR) is 152 cm³/mol. The van der Waals surface area contributed by atoms with Crippen LogP contribution in [-0.4, -0.2) is 28.6 Å². The van der Waals surface area contributed by atoms with Crippen LogP contribution in [0.4, 0.5) is 0 Å². The summed E-state index contributed by atoms with van der Waals surface area (Å²) in [6.45, 7) is 13.5. The fourth-order valence-electron chi connectivity index (χ4n) is 3.64. The molecule has 2 N–H and O–H groups in total. The smallest absolute Gasteiger partial charge is 0.222 e. The summed E-state index contributed by atoms with van der Waals surface area (Å²) in [5, 5.41) is 0.742. The van der Waals surface area contributed by atoms with Crippen molar-refractivity contribution in [1.29, 1.82) is 0 Å². The molecule has 196 valence electrons. The summed E-state index contributed by atoms with van der Waals surface area (Å²) in [6, 6.07) is 9.50. The van der Waals surface area contributed by atoms with Gasteiger partial charge in [-0.15, -0.1) is 11.3 Å². The first kappa shape index (κ1) is 27.3. The third-order valence-corrected chi connectivity index (χ3v) is 12.8. The molecule has 37 heavy (non-hydrogen) atoms. The fourth-order valence-corrected chi connectivity index (χ4v) is 5.98. The zero-order chi connectivity index (χ0) is 27.0. The van der Waals surface area contributed by atoms with Crippen molar-refractivity contribution in [2.24, 2.45) is 5.73 Å². The van der Waals surface area contributed by atoms with Gasteiger partial charge in [0.15, 0.2) is 14.0 Å². The lowest BCUT2D eigenvalue weighted by Crippen LogP contribution is -2.40. The number of rotatable bonds is 9. The van der Waals surface area contributed by atoms with Crippen molar-refractivity contribution in [3.05, 3.63) is 70.1 Å². The van der Waals surface area contributed by atoms with E-state index in [4.69, 9.17) is 26.5 Å². The van der Waals surface area contributed by atoms with Gasteiger partial charge in [-0.2, -0.15) is 0 Å². The molecule has 1 atom stereocenters. The number of primary amides is 1. The van der Waals surface area contributed by atoms with Crippen molar-refractivity contribution in [3.8, 4) is 16.3 Å². The van der Waals surface area contributed by atoms with E-state index in [1.165, 1.54) is 11.3 Å². The molecule has 0 bridgehead atoms. The Morgan fingerprint density at radius 2 is 1.95 bits per heavy atom. The van der Waals surface area contributed by atoms with Gasteiger partial charge in [0.05, 0.1) is 46.6 Å². The SMILES string of the molecule is C[C@@H](Oc1cc(-c2cnc3cnc(CO[Si](C)(C)C(C)(C)C)cn23)sc1CC(N)=O)c1ccccc1Cl. The number of ether oxygens (including phenoxy) is 1. The quantitative estimate of drug-likeness (QED) is 0.229. The number of carbonyl (C=O) groups excluding carboxylic acids is 1. The highest BCUT2D eigenvalue weighted by Crippen LogP contribution is 2.40. The van der Waals surface area contributed by atoms with Crippen LogP contribution < -0.4 is 10.5 Å². The van der Waals surface area contributed by atoms with Gasteiger partial charge in [0.2, 0.25) is 5.91 Å². The Morgan fingerprint density at radius 1 is 1.22 bits per heavy atom. The van der Waals surface area contributed by atoms with Crippen LogP contribution in [0.25, 0.3) is 16.2 Å². The van der Waals surface area contributed by atoms with Crippen molar-refractivity contribution < 1.29 is 14.0 Å². The van der Waals surface area contributed by atoms with Crippen LogP contribution in [0.2, 0.25) is 23.2 Å². The highest BCUT2D eigenvalue weighted by molar-refractivity contribution is 7.15. The topological polar surface area (TPSA) is 91.7 Å². The Bertz CT molecular complexity index is 1430. The number of nitrogens with zero attached hydrogens (tertiary/aromatic N) is 3. The predicted octanol–water partition coefficient (Wildman–Crippen LogP) is 6.80. The molecule has 0 saturated heterocycles. The second-order valence-corrected chi connectivity index (χ2v) is 17.0. The lowest BCUT2D eigenvalue weighted by Gasteiger charge is -2.36. The van der Waals surface area contributed by atoms with E-state index < -0.39 is 14.2 Å². The van der Waals surface area contributed by atoms with Crippen LogP contribution in [0, 0.1) is 0 Å². The molecule has 0 saturated carbocycles. The Labute approximate surface area is 227 Å². The summed E-state index contributed by atoms with van der Waals surface area (Å²) >= 11 is 7.84. The van der Waals surface area contributed by atoms with E-state index in [1.54, 1.807) is 12.4 Å². The molecule has 0 aliphatic rings. The van der Waals surface area contributed by atoms with Crippen LogP contribution in [0.1, 0.15) is 49.9 Å². The maximum Gasteiger partial charge on any atom is 0.222 e. The minimum atomic E-state index is -1.92. The molecule has 4 rings (SSSR count). The highest BCUT2D eigenvalue weighted by Gasteiger charge is 2.37. The maximum atomic E-state index is 11.8. The molecule has 4 aromatic rings. The van der Waals surface area contributed by atoms with Crippen LogP contribution in [0.15, 0.2) is 48.9 Å². The zero-order valence-corrected chi connectivity index (χ0v) is 24.6. The fraction of sp³-hybridized carbons (Fsp3) is 0.370. The van der Waals surface area contributed by atoms with E-state index >= 15 is 0 Å². The first-order valence-electron chi connectivity index (χ1n) is 12.1. The van der Waals surface area contributed by atoms with Gasteiger partial charge in [-0.25, -0.2) is 4.98 Å². The molecule has 0 aliphatic heterocycles. The molecule has 1 amide bonds. The number of fused-ring (bicyclic) bond motifs is 1. The molecule has 0 spiro atoms.